The average Bonchev–Trinajstić information content (AvgIpc) is 2.61. The summed E-state index contributed by atoms with van der Waals surface area (Å²) >= 11 is 0. The first-order valence-electron chi connectivity index (χ1n) is 5.35. The molecule has 0 aliphatic carbocycles. The third-order valence-corrected chi connectivity index (χ3v) is 2.40. The first-order valence-corrected chi connectivity index (χ1v) is 5.35. The standard InChI is InChI=1S/C10H16N6O/c1-10(2,3)16-5-13-6-7(16)14-9(12-4-11)15-8(6)17/h5H,4,11H2,1-3H3,(H2,12,14,15,17). The molecule has 0 spiro atoms. The van der Waals surface area contributed by atoms with Crippen LogP contribution < -0.4 is 16.6 Å². The lowest BCUT2D eigenvalue weighted by molar-refractivity contribution is 0.406. The number of hydrogen-bond donors (Lipinski definition) is 3. The number of hydrogen-bond acceptors (Lipinski definition) is 5. The Bertz CT molecular complexity index is 591. The summed E-state index contributed by atoms with van der Waals surface area (Å²) < 4.78 is 1.86. The van der Waals surface area contributed by atoms with E-state index in [1.807, 2.05) is 25.3 Å². The van der Waals surface area contributed by atoms with E-state index >= 15 is 0 Å². The van der Waals surface area contributed by atoms with Crippen LogP contribution in [-0.4, -0.2) is 26.2 Å². The third kappa shape index (κ3) is 2.01. The van der Waals surface area contributed by atoms with Gasteiger partial charge in [0.15, 0.2) is 11.2 Å². The van der Waals surface area contributed by atoms with Crippen molar-refractivity contribution in [3.05, 3.63) is 16.7 Å². The Balaban J connectivity index is 2.70. The zero-order chi connectivity index (χ0) is 12.6. The quantitative estimate of drug-likeness (QED) is 0.647. The molecule has 7 nitrogen and oxygen atoms in total. The molecule has 0 radical (unpaired) electrons. The van der Waals surface area contributed by atoms with Crippen LogP contribution in [0.5, 0.6) is 0 Å². The number of H-pyrrole nitrogens is 1. The number of rotatable bonds is 2. The van der Waals surface area contributed by atoms with Crippen LogP contribution in [0, 0.1) is 0 Å². The Morgan fingerprint density at radius 3 is 2.82 bits per heavy atom. The Morgan fingerprint density at radius 2 is 2.24 bits per heavy atom. The van der Waals surface area contributed by atoms with Crippen molar-refractivity contribution < 1.29 is 0 Å². The first-order chi connectivity index (χ1) is 7.93. The van der Waals surface area contributed by atoms with Crippen LogP contribution in [0.2, 0.25) is 0 Å². The highest BCUT2D eigenvalue weighted by molar-refractivity contribution is 5.71. The molecule has 0 saturated heterocycles. The molecule has 0 amide bonds. The summed E-state index contributed by atoms with van der Waals surface area (Å²) in [6.45, 7) is 6.27. The van der Waals surface area contributed by atoms with E-state index in [4.69, 9.17) is 5.73 Å². The van der Waals surface area contributed by atoms with E-state index in [-0.39, 0.29) is 17.8 Å². The number of aromatic nitrogens is 4. The molecule has 2 rings (SSSR count). The molecule has 0 aliphatic rings. The fourth-order valence-electron chi connectivity index (χ4n) is 1.58. The van der Waals surface area contributed by atoms with Gasteiger partial charge in [0.05, 0.1) is 13.0 Å². The predicted octanol–water partition coefficient (Wildman–Crippen LogP) is 0.203. The van der Waals surface area contributed by atoms with Crippen LogP contribution >= 0.6 is 0 Å². The van der Waals surface area contributed by atoms with Crippen molar-refractivity contribution >= 4 is 17.1 Å². The topological polar surface area (TPSA) is 102 Å². The summed E-state index contributed by atoms with van der Waals surface area (Å²) in [6, 6.07) is 0. The molecule has 2 aromatic heterocycles. The summed E-state index contributed by atoms with van der Waals surface area (Å²) in [7, 11) is 0. The van der Waals surface area contributed by atoms with E-state index in [1.165, 1.54) is 0 Å². The van der Waals surface area contributed by atoms with Gasteiger partial charge in [-0.05, 0) is 20.8 Å². The van der Waals surface area contributed by atoms with Gasteiger partial charge in [-0.15, -0.1) is 0 Å². The van der Waals surface area contributed by atoms with Gasteiger partial charge in [0, 0.05) is 5.54 Å². The highest BCUT2D eigenvalue weighted by Gasteiger charge is 2.19. The molecule has 0 bridgehead atoms. The summed E-state index contributed by atoms with van der Waals surface area (Å²) in [5.74, 6) is 0.357. The molecule has 0 aromatic carbocycles. The maximum Gasteiger partial charge on any atom is 0.280 e. The fraction of sp³-hybridized carbons (Fsp3) is 0.500. The van der Waals surface area contributed by atoms with Gasteiger partial charge in [0.2, 0.25) is 5.95 Å². The number of anilines is 1. The zero-order valence-electron chi connectivity index (χ0n) is 10.1. The Hall–Kier alpha value is -1.89. The molecule has 17 heavy (non-hydrogen) atoms. The van der Waals surface area contributed by atoms with E-state index < -0.39 is 0 Å². The lowest BCUT2D eigenvalue weighted by Crippen LogP contribution is -2.23. The highest BCUT2D eigenvalue weighted by atomic mass is 16.1. The van der Waals surface area contributed by atoms with Gasteiger partial charge in [-0.25, -0.2) is 4.98 Å². The molecule has 2 heterocycles. The second-order valence-electron chi connectivity index (χ2n) is 4.75. The summed E-state index contributed by atoms with van der Waals surface area (Å²) in [4.78, 5) is 22.7. The van der Waals surface area contributed by atoms with Crippen molar-refractivity contribution in [2.75, 3.05) is 12.0 Å². The number of nitrogens with zero attached hydrogens (tertiary/aromatic N) is 3. The number of imidazole rings is 1. The maximum absolute atomic E-state index is 11.8. The minimum atomic E-state index is -0.269. The van der Waals surface area contributed by atoms with Crippen LogP contribution in [0.15, 0.2) is 11.1 Å². The number of nitrogens with two attached hydrogens (primary N) is 1. The van der Waals surface area contributed by atoms with Gasteiger partial charge in [0.1, 0.15) is 0 Å². The second kappa shape index (κ2) is 3.85. The van der Waals surface area contributed by atoms with Gasteiger partial charge < -0.3 is 15.6 Å². The van der Waals surface area contributed by atoms with Crippen molar-refractivity contribution in [3.63, 3.8) is 0 Å². The van der Waals surface area contributed by atoms with Gasteiger partial charge in [-0.2, -0.15) is 4.98 Å². The summed E-state index contributed by atoms with van der Waals surface area (Å²) in [5.41, 5.74) is 5.79. The number of nitrogens with one attached hydrogen (secondary N) is 2. The van der Waals surface area contributed by atoms with Crippen LogP contribution in [0.3, 0.4) is 0 Å². The van der Waals surface area contributed by atoms with Crippen molar-refractivity contribution in [2.45, 2.75) is 26.3 Å². The smallest absolute Gasteiger partial charge is 0.280 e. The van der Waals surface area contributed by atoms with E-state index in [1.54, 1.807) is 6.33 Å². The monoisotopic (exact) mass is 236 g/mol. The molecular formula is C10H16N6O. The maximum atomic E-state index is 11.8. The highest BCUT2D eigenvalue weighted by Crippen LogP contribution is 2.18. The number of fused-ring (bicyclic) bond motifs is 1. The Kier molecular flexibility index (Phi) is 2.62. The minimum Gasteiger partial charge on any atom is -0.343 e. The number of aromatic amines is 1. The molecule has 0 saturated carbocycles. The van der Waals surface area contributed by atoms with Gasteiger partial charge in [0.25, 0.3) is 5.56 Å². The van der Waals surface area contributed by atoms with Crippen molar-refractivity contribution in [1.82, 2.24) is 19.5 Å². The molecular weight excluding hydrogens is 220 g/mol. The van der Waals surface area contributed by atoms with E-state index in [0.29, 0.717) is 17.1 Å². The predicted molar refractivity (Wildman–Crippen MR) is 65.8 cm³/mol. The normalized spacial score (nSPS) is 12.0. The lowest BCUT2D eigenvalue weighted by atomic mass is 10.1. The molecule has 2 aromatic rings. The molecule has 0 aliphatic heterocycles. The molecule has 0 atom stereocenters. The third-order valence-electron chi connectivity index (χ3n) is 2.40. The lowest BCUT2D eigenvalue weighted by Gasteiger charge is -2.20. The van der Waals surface area contributed by atoms with Crippen LogP contribution in [0.1, 0.15) is 20.8 Å². The second-order valence-corrected chi connectivity index (χ2v) is 4.75. The first kappa shape index (κ1) is 11.6. The summed E-state index contributed by atoms with van der Waals surface area (Å²) in [5, 5.41) is 2.78. The fourth-order valence-corrected chi connectivity index (χ4v) is 1.58. The van der Waals surface area contributed by atoms with Crippen LogP contribution in [0.4, 0.5) is 5.95 Å². The molecule has 92 valence electrons. The molecule has 0 unspecified atom stereocenters. The largest absolute Gasteiger partial charge is 0.343 e. The van der Waals surface area contributed by atoms with Gasteiger partial charge in [-0.3, -0.25) is 9.78 Å². The van der Waals surface area contributed by atoms with Crippen LogP contribution in [0.25, 0.3) is 11.2 Å². The van der Waals surface area contributed by atoms with Crippen molar-refractivity contribution in [3.8, 4) is 0 Å². The van der Waals surface area contributed by atoms with E-state index in [9.17, 15) is 4.79 Å². The van der Waals surface area contributed by atoms with Gasteiger partial charge >= 0.3 is 0 Å². The molecule has 0 fully saturated rings. The Morgan fingerprint density at radius 1 is 1.53 bits per heavy atom. The van der Waals surface area contributed by atoms with E-state index in [0.717, 1.165) is 0 Å². The zero-order valence-corrected chi connectivity index (χ0v) is 10.1. The average molecular weight is 236 g/mol. The SMILES string of the molecule is CC(C)(C)n1cnc2c(=O)[nH]c(NCN)nc21. The van der Waals surface area contributed by atoms with E-state index in [2.05, 4.69) is 20.3 Å². The summed E-state index contributed by atoms with van der Waals surface area (Å²) in [6.07, 6.45) is 1.62. The van der Waals surface area contributed by atoms with Crippen LogP contribution in [-0.2, 0) is 5.54 Å². The van der Waals surface area contributed by atoms with Crippen molar-refractivity contribution in [1.29, 1.82) is 0 Å². The Labute approximate surface area is 98.1 Å². The van der Waals surface area contributed by atoms with Crippen molar-refractivity contribution in [2.24, 2.45) is 5.73 Å². The minimum absolute atomic E-state index is 0.185. The molecule has 7 heteroatoms. The molecule has 4 N–H and O–H groups in total. The van der Waals surface area contributed by atoms with Gasteiger partial charge in [-0.1, -0.05) is 0 Å².